The minimum atomic E-state index is -1.12. The predicted molar refractivity (Wildman–Crippen MR) is 125 cm³/mol. The lowest BCUT2D eigenvalue weighted by molar-refractivity contribution is -0.0704. The Balaban J connectivity index is 1.67. The molecule has 0 bridgehead atoms. The molecule has 0 saturated carbocycles. The molecule has 2 aromatic heterocycles. The maximum absolute atomic E-state index is 14.8. The quantitative estimate of drug-likeness (QED) is 0.401. The number of nitrogens with zero attached hydrogens (tertiary/aromatic N) is 1. The van der Waals surface area contributed by atoms with Crippen molar-refractivity contribution in [2.24, 2.45) is 5.73 Å². The Hall–Kier alpha value is -2.92. The van der Waals surface area contributed by atoms with E-state index in [4.69, 9.17) is 10.5 Å². The molecule has 0 aliphatic carbocycles. The fourth-order valence-corrected chi connectivity index (χ4v) is 5.07. The summed E-state index contributed by atoms with van der Waals surface area (Å²) in [5.74, 6) is -2.03. The van der Waals surface area contributed by atoms with E-state index in [0.717, 1.165) is 11.3 Å². The number of primary amides is 1. The van der Waals surface area contributed by atoms with E-state index < -0.39 is 29.2 Å². The number of carbonyl (C=O) groups excluding carboxylic acids is 1. The largest absolute Gasteiger partial charge is 0.393 e. The van der Waals surface area contributed by atoms with E-state index in [2.05, 4.69) is 10.3 Å². The summed E-state index contributed by atoms with van der Waals surface area (Å²) in [6, 6.07) is 8.76. The first-order valence-electron chi connectivity index (χ1n) is 10.8. The molecule has 1 amide bonds. The van der Waals surface area contributed by atoms with E-state index >= 15 is 0 Å². The zero-order valence-corrected chi connectivity index (χ0v) is 19.3. The molecule has 1 unspecified atom stereocenters. The third-order valence-corrected chi connectivity index (χ3v) is 6.73. The number of aromatic nitrogens is 1. The second-order valence-electron chi connectivity index (χ2n) is 8.38. The van der Waals surface area contributed by atoms with Gasteiger partial charge in [-0.1, -0.05) is 6.07 Å². The maximum atomic E-state index is 14.8. The summed E-state index contributed by atoms with van der Waals surface area (Å²) in [7, 11) is 0. The van der Waals surface area contributed by atoms with Gasteiger partial charge in [0.05, 0.1) is 22.9 Å². The van der Waals surface area contributed by atoms with E-state index in [1.54, 1.807) is 18.2 Å². The topological polar surface area (TPSA) is 118 Å². The van der Waals surface area contributed by atoms with Crippen molar-refractivity contribution < 1.29 is 28.5 Å². The first-order valence-corrected chi connectivity index (χ1v) is 11.6. The highest BCUT2D eigenvalue weighted by Crippen LogP contribution is 2.40. The van der Waals surface area contributed by atoms with Gasteiger partial charge >= 0.3 is 0 Å². The molecule has 1 fully saturated rings. The molecule has 1 aliphatic rings. The Labute approximate surface area is 199 Å². The SMILES string of the molecule is CC(O)Cc1cc(F)c(-c2cc(C(N)=O)c(Nc3cccc(C4(O)CCOCC4)n3)s2)c(F)c1. The van der Waals surface area contributed by atoms with Gasteiger partial charge in [0.15, 0.2) is 0 Å². The van der Waals surface area contributed by atoms with Gasteiger partial charge in [0.1, 0.15) is 28.1 Å². The minimum Gasteiger partial charge on any atom is -0.393 e. The predicted octanol–water partition coefficient (Wildman–Crippen LogP) is 3.85. The number of benzene rings is 1. The highest BCUT2D eigenvalue weighted by Gasteiger charge is 2.33. The van der Waals surface area contributed by atoms with Crippen molar-refractivity contribution in [3.63, 3.8) is 0 Å². The summed E-state index contributed by atoms with van der Waals surface area (Å²) in [5.41, 5.74) is 4.96. The molecular formula is C24H25F2N3O4S. The number of hydrogen-bond donors (Lipinski definition) is 4. The van der Waals surface area contributed by atoms with Crippen LogP contribution in [0.25, 0.3) is 10.4 Å². The number of aliphatic hydroxyl groups excluding tert-OH is 1. The molecular weight excluding hydrogens is 464 g/mol. The van der Waals surface area contributed by atoms with E-state index in [1.807, 2.05) is 0 Å². The Morgan fingerprint density at radius 3 is 2.56 bits per heavy atom. The molecule has 34 heavy (non-hydrogen) atoms. The normalized spacial score (nSPS) is 16.3. The van der Waals surface area contributed by atoms with Crippen LogP contribution < -0.4 is 11.1 Å². The molecule has 180 valence electrons. The Morgan fingerprint density at radius 2 is 1.94 bits per heavy atom. The molecule has 1 aliphatic heterocycles. The fourth-order valence-electron chi connectivity index (χ4n) is 3.96. The van der Waals surface area contributed by atoms with Crippen molar-refractivity contribution >= 4 is 28.1 Å². The first-order chi connectivity index (χ1) is 16.2. The number of anilines is 2. The van der Waals surface area contributed by atoms with Crippen LogP contribution in [0.1, 0.15) is 41.4 Å². The van der Waals surface area contributed by atoms with Crippen molar-refractivity contribution in [3.05, 3.63) is 64.9 Å². The second-order valence-corrected chi connectivity index (χ2v) is 9.43. The number of nitrogens with one attached hydrogen (secondary N) is 1. The summed E-state index contributed by atoms with van der Waals surface area (Å²) in [5, 5.41) is 23.7. The third kappa shape index (κ3) is 5.10. The van der Waals surface area contributed by atoms with Crippen LogP contribution in [0.5, 0.6) is 0 Å². The van der Waals surface area contributed by atoms with E-state index in [1.165, 1.54) is 25.1 Å². The minimum absolute atomic E-state index is 0.0591. The van der Waals surface area contributed by atoms with Crippen LogP contribution in [-0.4, -0.2) is 40.4 Å². The second kappa shape index (κ2) is 9.75. The van der Waals surface area contributed by atoms with Gasteiger partial charge < -0.3 is 26.0 Å². The molecule has 1 saturated heterocycles. The Morgan fingerprint density at radius 1 is 1.26 bits per heavy atom. The molecule has 4 rings (SSSR count). The smallest absolute Gasteiger partial charge is 0.251 e. The number of aliphatic hydroxyl groups is 2. The monoisotopic (exact) mass is 489 g/mol. The number of hydrogen-bond acceptors (Lipinski definition) is 7. The van der Waals surface area contributed by atoms with Crippen LogP contribution in [0.3, 0.4) is 0 Å². The van der Waals surface area contributed by atoms with Crippen LogP contribution in [0.15, 0.2) is 36.4 Å². The summed E-state index contributed by atoms with van der Waals surface area (Å²) < 4.78 is 34.9. The van der Waals surface area contributed by atoms with Crippen LogP contribution in [0, 0.1) is 11.6 Å². The van der Waals surface area contributed by atoms with Crippen molar-refractivity contribution in [1.29, 1.82) is 0 Å². The van der Waals surface area contributed by atoms with Gasteiger partial charge in [-0.15, -0.1) is 11.3 Å². The Kier molecular flexibility index (Phi) is 6.94. The number of amides is 1. The average Bonchev–Trinajstić information content (AvgIpc) is 3.17. The number of rotatable bonds is 7. The van der Waals surface area contributed by atoms with E-state index in [0.29, 0.717) is 43.1 Å². The lowest BCUT2D eigenvalue weighted by Crippen LogP contribution is -2.34. The Bertz CT molecular complexity index is 1190. The molecule has 10 heteroatoms. The highest BCUT2D eigenvalue weighted by atomic mass is 32.1. The van der Waals surface area contributed by atoms with Crippen LogP contribution in [-0.2, 0) is 16.8 Å². The standard InChI is InChI=1S/C24H25F2N3O4S/c1-13(30)9-14-10-16(25)21(17(26)11-14)18-12-15(22(27)31)23(34-18)29-20-4-2-3-19(28-20)24(32)5-7-33-8-6-24/h2-4,10-13,30,32H,5-9H2,1H3,(H2,27,31)(H,28,29). The number of pyridine rings is 1. The van der Waals surface area contributed by atoms with Crippen molar-refractivity contribution in [3.8, 4) is 10.4 Å². The van der Waals surface area contributed by atoms with Gasteiger partial charge in [0, 0.05) is 30.9 Å². The summed E-state index contributed by atoms with van der Waals surface area (Å²) in [4.78, 5) is 16.7. The van der Waals surface area contributed by atoms with Gasteiger partial charge in [0.2, 0.25) is 0 Å². The molecule has 3 heterocycles. The van der Waals surface area contributed by atoms with Crippen molar-refractivity contribution in [2.45, 2.75) is 37.9 Å². The lowest BCUT2D eigenvalue weighted by atomic mass is 9.90. The number of thiophene rings is 1. The zero-order chi connectivity index (χ0) is 24.5. The molecule has 1 atom stereocenters. The molecule has 3 aromatic rings. The molecule has 1 aromatic carbocycles. The van der Waals surface area contributed by atoms with E-state index in [9.17, 15) is 23.8 Å². The summed E-state index contributed by atoms with van der Waals surface area (Å²) in [6.45, 7) is 2.37. The number of nitrogens with two attached hydrogens (primary N) is 1. The zero-order valence-electron chi connectivity index (χ0n) is 18.5. The lowest BCUT2D eigenvalue weighted by Gasteiger charge is -2.31. The molecule has 5 N–H and O–H groups in total. The molecule has 0 spiro atoms. The average molecular weight is 490 g/mol. The van der Waals surface area contributed by atoms with Crippen LogP contribution >= 0.6 is 11.3 Å². The van der Waals surface area contributed by atoms with Gasteiger partial charge in [-0.2, -0.15) is 0 Å². The fraction of sp³-hybridized carbons (Fsp3) is 0.333. The van der Waals surface area contributed by atoms with Crippen LogP contribution in [0.4, 0.5) is 19.6 Å². The van der Waals surface area contributed by atoms with Gasteiger partial charge in [-0.05, 0) is 49.2 Å². The number of ether oxygens (including phenoxy) is 1. The molecule has 7 nitrogen and oxygen atoms in total. The third-order valence-electron chi connectivity index (χ3n) is 5.66. The highest BCUT2D eigenvalue weighted by molar-refractivity contribution is 7.20. The van der Waals surface area contributed by atoms with Crippen molar-refractivity contribution in [2.75, 3.05) is 18.5 Å². The first kappa shape index (κ1) is 24.2. The maximum Gasteiger partial charge on any atom is 0.251 e. The van der Waals surface area contributed by atoms with Gasteiger partial charge in [0.25, 0.3) is 5.91 Å². The summed E-state index contributed by atoms with van der Waals surface area (Å²) >= 11 is 0.961. The van der Waals surface area contributed by atoms with Crippen LogP contribution in [0.2, 0.25) is 0 Å². The summed E-state index contributed by atoms with van der Waals surface area (Å²) in [6.07, 6.45) is 0.176. The van der Waals surface area contributed by atoms with Gasteiger partial charge in [-0.25, -0.2) is 13.8 Å². The molecule has 0 radical (unpaired) electrons. The number of carbonyl (C=O) groups is 1. The van der Waals surface area contributed by atoms with Crippen molar-refractivity contribution in [1.82, 2.24) is 4.98 Å². The number of halogens is 2. The van der Waals surface area contributed by atoms with E-state index in [-0.39, 0.29) is 27.4 Å². The van der Waals surface area contributed by atoms with Gasteiger partial charge in [-0.3, -0.25) is 4.79 Å².